The van der Waals surface area contributed by atoms with E-state index in [-0.39, 0.29) is 0 Å². The standard InChI is InChI=1S/C14H27NO/c1-11-7-12(2)9-13(8-11)15-10-14(3-4-14)5-6-16/h11-13,15-16H,3-10H2,1-2H3. The zero-order valence-corrected chi connectivity index (χ0v) is 10.8. The molecule has 0 radical (unpaired) electrons. The van der Waals surface area contributed by atoms with Crippen molar-refractivity contribution in [1.82, 2.24) is 5.32 Å². The van der Waals surface area contributed by atoms with Gasteiger partial charge in [-0.1, -0.05) is 13.8 Å². The van der Waals surface area contributed by atoms with Gasteiger partial charge in [-0.15, -0.1) is 0 Å². The van der Waals surface area contributed by atoms with Crippen molar-refractivity contribution < 1.29 is 5.11 Å². The fourth-order valence-electron chi connectivity index (χ4n) is 3.40. The van der Waals surface area contributed by atoms with Crippen LogP contribution < -0.4 is 5.32 Å². The Kier molecular flexibility index (Phi) is 3.91. The van der Waals surface area contributed by atoms with Crippen LogP contribution in [-0.2, 0) is 0 Å². The Morgan fingerprint density at radius 2 is 1.75 bits per heavy atom. The van der Waals surface area contributed by atoms with E-state index in [1.807, 2.05) is 0 Å². The van der Waals surface area contributed by atoms with Crippen molar-refractivity contribution in [3.8, 4) is 0 Å². The molecule has 2 fully saturated rings. The van der Waals surface area contributed by atoms with Crippen molar-refractivity contribution in [3.63, 3.8) is 0 Å². The minimum absolute atomic E-state index is 0.360. The van der Waals surface area contributed by atoms with Gasteiger partial charge in [-0.2, -0.15) is 0 Å². The van der Waals surface area contributed by atoms with E-state index in [0.29, 0.717) is 12.0 Å². The smallest absolute Gasteiger partial charge is 0.0436 e. The summed E-state index contributed by atoms with van der Waals surface area (Å²) in [6.07, 6.45) is 7.73. The second-order valence-electron chi connectivity index (χ2n) is 6.47. The number of nitrogens with one attached hydrogen (secondary N) is 1. The topological polar surface area (TPSA) is 32.3 Å². The van der Waals surface area contributed by atoms with Gasteiger partial charge in [0, 0.05) is 19.2 Å². The van der Waals surface area contributed by atoms with E-state index in [1.54, 1.807) is 0 Å². The fraction of sp³-hybridized carbons (Fsp3) is 1.00. The van der Waals surface area contributed by atoms with E-state index in [4.69, 9.17) is 5.11 Å². The van der Waals surface area contributed by atoms with E-state index in [1.165, 1.54) is 32.1 Å². The second kappa shape index (κ2) is 5.05. The Hall–Kier alpha value is -0.0800. The third-order valence-electron chi connectivity index (χ3n) is 4.54. The summed E-state index contributed by atoms with van der Waals surface area (Å²) >= 11 is 0. The van der Waals surface area contributed by atoms with Crippen LogP contribution >= 0.6 is 0 Å². The van der Waals surface area contributed by atoms with E-state index in [9.17, 15) is 0 Å². The van der Waals surface area contributed by atoms with Gasteiger partial charge < -0.3 is 10.4 Å². The zero-order chi connectivity index (χ0) is 11.6. The SMILES string of the molecule is CC1CC(C)CC(NCC2(CCO)CC2)C1. The first-order chi connectivity index (χ1) is 7.63. The van der Waals surface area contributed by atoms with Gasteiger partial charge in [0.2, 0.25) is 0 Å². The Balaban J connectivity index is 1.73. The number of aliphatic hydroxyl groups is 1. The van der Waals surface area contributed by atoms with Crippen LogP contribution in [0.2, 0.25) is 0 Å². The Morgan fingerprint density at radius 1 is 1.12 bits per heavy atom. The van der Waals surface area contributed by atoms with Crippen LogP contribution in [0.3, 0.4) is 0 Å². The van der Waals surface area contributed by atoms with Crippen molar-refractivity contribution in [2.75, 3.05) is 13.2 Å². The molecule has 2 aliphatic carbocycles. The quantitative estimate of drug-likeness (QED) is 0.753. The molecule has 2 N–H and O–H groups in total. The van der Waals surface area contributed by atoms with Gasteiger partial charge in [0.25, 0.3) is 0 Å². The van der Waals surface area contributed by atoms with Crippen LogP contribution in [0, 0.1) is 17.3 Å². The maximum absolute atomic E-state index is 9.04. The maximum Gasteiger partial charge on any atom is 0.0436 e. The second-order valence-corrected chi connectivity index (χ2v) is 6.47. The largest absolute Gasteiger partial charge is 0.396 e. The molecule has 2 heteroatoms. The van der Waals surface area contributed by atoms with Crippen LogP contribution in [0.15, 0.2) is 0 Å². The highest BCUT2D eigenvalue weighted by atomic mass is 16.3. The third-order valence-corrected chi connectivity index (χ3v) is 4.54. The molecule has 16 heavy (non-hydrogen) atoms. The monoisotopic (exact) mass is 225 g/mol. The molecule has 94 valence electrons. The summed E-state index contributed by atoms with van der Waals surface area (Å²) in [5.41, 5.74) is 0.471. The molecule has 0 aromatic rings. The summed E-state index contributed by atoms with van der Waals surface area (Å²) in [7, 11) is 0. The van der Waals surface area contributed by atoms with Crippen molar-refractivity contribution in [2.45, 2.75) is 58.4 Å². The van der Waals surface area contributed by atoms with Crippen molar-refractivity contribution >= 4 is 0 Å². The number of hydrogen-bond acceptors (Lipinski definition) is 2. The van der Waals surface area contributed by atoms with Gasteiger partial charge in [0.1, 0.15) is 0 Å². The minimum atomic E-state index is 0.360. The predicted octanol–water partition coefficient (Wildman–Crippen LogP) is 2.56. The van der Waals surface area contributed by atoms with Crippen LogP contribution in [0.5, 0.6) is 0 Å². The van der Waals surface area contributed by atoms with Gasteiger partial charge in [-0.05, 0) is 55.8 Å². The number of aliphatic hydroxyl groups excluding tert-OH is 1. The molecule has 0 saturated heterocycles. The molecule has 0 spiro atoms. The van der Waals surface area contributed by atoms with Gasteiger partial charge in [0.05, 0.1) is 0 Å². The Morgan fingerprint density at radius 3 is 2.25 bits per heavy atom. The van der Waals surface area contributed by atoms with E-state index < -0.39 is 0 Å². The van der Waals surface area contributed by atoms with Gasteiger partial charge in [-0.3, -0.25) is 0 Å². The Bertz CT molecular complexity index is 215. The molecule has 2 aliphatic rings. The molecule has 0 aromatic carbocycles. The third kappa shape index (κ3) is 3.21. The highest BCUT2D eigenvalue weighted by Crippen LogP contribution is 2.48. The van der Waals surface area contributed by atoms with Crippen LogP contribution in [0.25, 0.3) is 0 Å². The molecular weight excluding hydrogens is 198 g/mol. The number of hydrogen-bond donors (Lipinski definition) is 2. The van der Waals surface area contributed by atoms with E-state index in [2.05, 4.69) is 19.2 Å². The summed E-state index contributed by atoms with van der Waals surface area (Å²) < 4.78 is 0. The van der Waals surface area contributed by atoms with Crippen molar-refractivity contribution in [1.29, 1.82) is 0 Å². The lowest BCUT2D eigenvalue weighted by molar-refractivity contribution is 0.211. The average molecular weight is 225 g/mol. The number of rotatable bonds is 5. The highest BCUT2D eigenvalue weighted by Gasteiger charge is 2.42. The molecule has 0 aromatic heterocycles. The molecule has 2 saturated carbocycles. The first-order valence-electron chi connectivity index (χ1n) is 6.98. The molecule has 2 unspecified atom stereocenters. The lowest BCUT2D eigenvalue weighted by atomic mass is 9.80. The summed E-state index contributed by atoms with van der Waals surface area (Å²) in [4.78, 5) is 0. The lowest BCUT2D eigenvalue weighted by Crippen LogP contribution is -2.39. The minimum Gasteiger partial charge on any atom is -0.396 e. The van der Waals surface area contributed by atoms with Gasteiger partial charge in [-0.25, -0.2) is 0 Å². The van der Waals surface area contributed by atoms with Crippen molar-refractivity contribution in [3.05, 3.63) is 0 Å². The molecule has 0 aliphatic heterocycles. The maximum atomic E-state index is 9.04. The van der Waals surface area contributed by atoms with Crippen molar-refractivity contribution in [2.24, 2.45) is 17.3 Å². The Labute approximate surface area is 99.8 Å². The lowest BCUT2D eigenvalue weighted by Gasteiger charge is -2.33. The predicted molar refractivity (Wildman–Crippen MR) is 67.3 cm³/mol. The molecule has 2 nitrogen and oxygen atoms in total. The van der Waals surface area contributed by atoms with Crippen LogP contribution in [0.4, 0.5) is 0 Å². The van der Waals surface area contributed by atoms with Crippen LogP contribution in [0.1, 0.15) is 52.4 Å². The van der Waals surface area contributed by atoms with E-state index >= 15 is 0 Å². The first kappa shape index (κ1) is 12.4. The summed E-state index contributed by atoms with van der Waals surface area (Å²) in [6, 6.07) is 0.731. The van der Waals surface area contributed by atoms with E-state index in [0.717, 1.165) is 30.8 Å². The van der Waals surface area contributed by atoms with Gasteiger partial charge in [0.15, 0.2) is 0 Å². The van der Waals surface area contributed by atoms with Crippen LogP contribution in [-0.4, -0.2) is 24.3 Å². The molecular formula is C14H27NO. The molecule has 0 bridgehead atoms. The highest BCUT2D eigenvalue weighted by molar-refractivity contribution is 4.95. The molecule has 2 atom stereocenters. The first-order valence-corrected chi connectivity index (χ1v) is 6.98. The summed E-state index contributed by atoms with van der Waals surface area (Å²) in [6.45, 7) is 6.26. The normalized spacial score (nSPS) is 37.3. The molecule has 0 heterocycles. The summed E-state index contributed by atoms with van der Waals surface area (Å²) in [5, 5.41) is 12.8. The fourth-order valence-corrected chi connectivity index (χ4v) is 3.40. The molecule has 0 amide bonds. The zero-order valence-electron chi connectivity index (χ0n) is 10.8. The average Bonchev–Trinajstić information content (AvgIpc) is 2.95. The summed E-state index contributed by atoms with van der Waals surface area (Å²) in [5.74, 6) is 1.77. The molecule has 2 rings (SSSR count). The van der Waals surface area contributed by atoms with Gasteiger partial charge >= 0.3 is 0 Å².